The van der Waals surface area contributed by atoms with Gasteiger partial charge in [0.05, 0.1) is 29.5 Å². The van der Waals surface area contributed by atoms with Gasteiger partial charge in [0, 0.05) is 18.2 Å². The lowest BCUT2D eigenvalue weighted by Gasteiger charge is -2.13. The van der Waals surface area contributed by atoms with E-state index in [1.165, 1.54) is 13.2 Å². The van der Waals surface area contributed by atoms with Gasteiger partial charge in [0.1, 0.15) is 5.75 Å². The number of carbonyl (C=O) groups is 1. The van der Waals surface area contributed by atoms with Crippen LogP contribution < -0.4 is 10.1 Å². The second kappa shape index (κ2) is 8.42. The fraction of sp³-hybridized carbons (Fsp3) is 0.278. The van der Waals surface area contributed by atoms with Gasteiger partial charge >= 0.3 is 6.18 Å². The van der Waals surface area contributed by atoms with Crippen LogP contribution in [0.4, 0.5) is 18.9 Å². The molecule has 0 aliphatic heterocycles. The van der Waals surface area contributed by atoms with Crippen LogP contribution in [0.3, 0.4) is 0 Å². The minimum absolute atomic E-state index is 0.00871. The second-order valence-electron chi connectivity index (χ2n) is 5.34. The third kappa shape index (κ3) is 4.89. The molecule has 0 unspecified atom stereocenters. The van der Waals surface area contributed by atoms with Crippen LogP contribution in [0.25, 0.3) is 0 Å². The van der Waals surface area contributed by atoms with Crippen molar-refractivity contribution in [1.29, 1.82) is 0 Å². The molecular weight excluding hydrogens is 371 g/mol. The van der Waals surface area contributed by atoms with Gasteiger partial charge < -0.3 is 14.8 Å². The fourth-order valence-electron chi connectivity index (χ4n) is 2.28. The summed E-state index contributed by atoms with van der Waals surface area (Å²) >= 11 is 5.90. The minimum Gasteiger partial charge on any atom is -0.494 e. The summed E-state index contributed by atoms with van der Waals surface area (Å²) in [5.41, 5.74) is -0.122. The Kier molecular flexibility index (Phi) is 6.50. The molecule has 0 aliphatic carbocycles. The predicted octanol–water partition coefficient (Wildman–Crippen LogP) is 5.16. The normalized spacial score (nSPS) is 11.3. The van der Waals surface area contributed by atoms with E-state index in [1.54, 1.807) is 12.1 Å². The first kappa shape index (κ1) is 20.1. The minimum atomic E-state index is -4.53. The number of amides is 1. The quantitative estimate of drug-likeness (QED) is 0.745. The summed E-state index contributed by atoms with van der Waals surface area (Å²) in [6.07, 6.45) is -4.53. The highest BCUT2D eigenvalue weighted by molar-refractivity contribution is 6.34. The van der Waals surface area contributed by atoms with E-state index in [1.807, 2.05) is 6.92 Å². The standard InChI is InChI=1S/C18H17ClF3NO3/c1-3-26-16-7-4-11(8-12(16)10-25-2)17(24)23-15-9-13(18(20,21)22)5-6-14(15)19/h4-9H,3,10H2,1-2H3,(H,23,24). The second-order valence-corrected chi connectivity index (χ2v) is 5.74. The third-order valence-corrected chi connectivity index (χ3v) is 3.79. The Morgan fingerprint density at radius 3 is 2.54 bits per heavy atom. The Balaban J connectivity index is 2.29. The number of alkyl halides is 3. The van der Waals surface area contributed by atoms with Crippen LogP contribution in [0.1, 0.15) is 28.4 Å². The molecule has 0 bridgehead atoms. The topological polar surface area (TPSA) is 47.6 Å². The van der Waals surface area contributed by atoms with Crippen molar-refractivity contribution in [2.75, 3.05) is 19.0 Å². The van der Waals surface area contributed by atoms with Gasteiger partial charge in [-0.15, -0.1) is 0 Å². The van der Waals surface area contributed by atoms with Gasteiger partial charge in [-0.1, -0.05) is 11.6 Å². The maximum absolute atomic E-state index is 12.8. The number of ether oxygens (including phenoxy) is 2. The number of rotatable bonds is 6. The van der Waals surface area contributed by atoms with Gasteiger partial charge in [-0.3, -0.25) is 4.79 Å². The van der Waals surface area contributed by atoms with Crippen LogP contribution in [-0.4, -0.2) is 19.6 Å². The van der Waals surface area contributed by atoms with Gasteiger partial charge in [-0.05, 0) is 43.3 Å². The van der Waals surface area contributed by atoms with Crippen LogP contribution in [0.5, 0.6) is 5.75 Å². The van der Waals surface area contributed by atoms with Gasteiger partial charge in [-0.2, -0.15) is 13.2 Å². The maximum Gasteiger partial charge on any atom is 0.416 e. The molecule has 1 N–H and O–H groups in total. The van der Waals surface area contributed by atoms with Crippen LogP contribution >= 0.6 is 11.6 Å². The SMILES string of the molecule is CCOc1ccc(C(=O)Nc2cc(C(F)(F)F)ccc2Cl)cc1COC. The molecule has 140 valence electrons. The summed E-state index contributed by atoms with van der Waals surface area (Å²) in [5, 5.41) is 2.42. The molecule has 4 nitrogen and oxygen atoms in total. The van der Waals surface area contributed by atoms with Gasteiger partial charge in [0.25, 0.3) is 5.91 Å². The van der Waals surface area contributed by atoms with E-state index in [0.717, 1.165) is 18.2 Å². The average Bonchev–Trinajstić information content (AvgIpc) is 2.57. The summed E-state index contributed by atoms with van der Waals surface area (Å²) in [6, 6.07) is 7.43. The first-order valence-electron chi connectivity index (χ1n) is 7.69. The van der Waals surface area contributed by atoms with Gasteiger partial charge in [-0.25, -0.2) is 0 Å². The van der Waals surface area contributed by atoms with E-state index in [9.17, 15) is 18.0 Å². The zero-order valence-corrected chi connectivity index (χ0v) is 14.9. The monoisotopic (exact) mass is 387 g/mol. The summed E-state index contributed by atoms with van der Waals surface area (Å²) in [4.78, 5) is 12.4. The van der Waals surface area contributed by atoms with E-state index in [4.69, 9.17) is 21.1 Å². The summed E-state index contributed by atoms with van der Waals surface area (Å²) in [6.45, 7) is 2.50. The molecule has 0 aromatic heterocycles. The number of carbonyl (C=O) groups excluding carboxylic acids is 1. The van der Waals surface area contributed by atoms with Gasteiger partial charge in [0.2, 0.25) is 0 Å². The third-order valence-electron chi connectivity index (χ3n) is 3.46. The number of anilines is 1. The van der Waals surface area contributed by atoms with Crippen molar-refractivity contribution < 1.29 is 27.4 Å². The molecule has 1 amide bonds. The molecule has 0 atom stereocenters. The number of hydrogen-bond acceptors (Lipinski definition) is 3. The molecule has 2 aromatic rings. The van der Waals surface area contributed by atoms with Crippen molar-refractivity contribution in [3.8, 4) is 5.75 Å². The number of halogens is 4. The number of nitrogens with one attached hydrogen (secondary N) is 1. The van der Waals surface area contributed by atoms with E-state index >= 15 is 0 Å². The van der Waals surface area contributed by atoms with Crippen LogP contribution in [0.2, 0.25) is 5.02 Å². The van der Waals surface area contributed by atoms with E-state index < -0.39 is 17.6 Å². The molecule has 2 rings (SSSR count). The first-order chi connectivity index (χ1) is 12.3. The zero-order valence-electron chi connectivity index (χ0n) is 14.1. The van der Waals surface area contributed by atoms with Crippen molar-refractivity contribution >= 4 is 23.2 Å². The molecule has 8 heteroatoms. The van der Waals surface area contributed by atoms with Crippen molar-refractivity contribution in [2.45, 2.75) is 19.7 Å². The highest BCUT2D eigenvalue weighted by Crippen LogP contribution is 2.34. The van der Waals surface area contributed by atoms with E-state index in [-0.39, 0.29) is 22.9 Å². The highest BCUT2D eigenvalue weighted by Gasteiger charge is 2.31. The Labute approximate surface area is 153 Å². The number of hydrogen-bond donors (Lipinski definition) is 1. The van der Waals surface area contributed by atoms with Crippen molar-refractivity contribution in [2.24, 2.45) is 0 Å². The zero-order chi connectivity index (χ0) is 19.3. The maximum atomic E-state index is 12.8. The highest BCUT2D eigenvalue weighted by atomic mass is 35.5. The molecule has 0 fully saturated rings. The lowest BCUT2D eigenvalue weighted by molar-refractivity contribution is -0.137. The molecule has 0 heterocycles. The molecule has 2 aromatic carbocycles. The predicted molar refractivity (Wildman–Crippen MR) is 92.7 cm³/mol. The summed E-state index contributed by atoms with van der Waals surface area (Å²) < 4.78 is 49.0. The Hall–Kier alpha value is -2.25. The number of methoxy groups -OCH3 is 1. The summed E-state index contributed by atoms with van der Waals surface area (Å²) in [7, 11) is 1.50. The van der Waals surface area contributed by atoms with Crippen LogP contribution in [-0.2, 0) is 17.5 Å². The smallest absolute Gasteiger partial charge is 0.416 e. The largest absolute Gasteiger partial charge is 0.494 e. The molecule has 0 saturated heterocycles. The number of benzene rings is 2. The molecule has 0 aliphatic rings. The Bertz CT molecular complexity index is 794. The van der Waals surface area contributed by atoms with Gasteiger partial charge in [0.15, 0.2) is 0 Å². The lowest BCUT2D eigenvalue weighted by atomic mass is 10.1. The van der Waals surface area contributed by atoms with Crippen molar-refractivity contribution in [1.82, 2.24) is 0 Å². The van der Waals surface area contributed by atoms with Crippen molar-refractivity contribution in [3.63, 3.8) is 0 Å². The molecular formula is C18H17ClF3NO3. The molecule has 0 radical (unpaired) electrons. The Morgan fingerprint density at radius 1 is 1.19 bits per heavy atom. The fourth-order valence-corrected chi connectivity index (χ4v) is 2.44. The lowest BCUT2D eigenvalue weighted by Crippen LogP contribution is -2.14. The van der Waals surface area contributed by atoms with E-state index in [2.05, 4.69) is 5.32 Å². The molecule has 0 spiro atoms. The van der Waals surface area contributed by atoms with Crippen molar-refractivity contribution in [3.05, 3.63) is 58.1 Å². The van der Waals surface area contributed by atoms with E-state index in [0.29, 0.717) is 17.9 Å². The van der Waals surface area contributed by atoms with Crippen LogP contribution in [0, 0.1) is 0 Å². The molecule has 0 saturated carbocycles. The molecule has 26 heavy (non-hydrogen) atoms. The Morgan fingerprint density at radius 2 is 1.92 bits per heavy atom. The first-order valence-corrected chi connectivity index (χ1v) is 8.06. The average molecular weight is 388 g/mol. The summed E-state index contributed by atoms with van der Waals surface area (Å²) in [5.74, 6) is -0.0189. The van der Waals surface area contributed by atoms with Crippen LogP contribution in [0.15, 0.2) is 36.4 Å².